The summed E-state index contributed by atoms with van der Waals surface area (Å²) in [4.78, 5) is 13.9. The first kappa shape index (κ1) is 14.1. The molecule has 3 nitrogen and oxygen atoms in total. The van der Waals surface area contributed by atoms with Crippen LogP contribution >= 0.6 is 15.9 Å². The van der Waals surface area contributed by atoms with Crippen LogP contribution in [0.1, 0.15) is 5.56 Å². The minimum Gasteiger partial charge on any atom is -0.481 e. The summed E-state index contributed by atoms with van der Waals surface area (Å²) in [6.07, 6.45) is 0.842. The molecule has 21 heavy (non-hydrogen) atoms. The van der Waals surface area contributed by atoms with E-state index in [1.165, 1.54) is 12.1 Å². The second-order valence-corrected chi connectivity index (χ2v) is 5.70. The fourth-order valence-corrected chi connectivity index (χ4v) is 2.74. The van der Waals surface area contributed by atoms with Crippen LogP contribution in [-0.2, 0) is 11.2 Å². The van der Waals surface area contributed by atoms with Gasteiger partial charge in [-0.1, -0.05) is 34.1 Å². The van der Waals surface area contributed by atoms with Crippen LogP contribution in [0.4, 0.5) is 10.1 Å². The first-order valence-electron chi connectivity index (χ1n) is 6.61. The Balaban J connectivity index is 1.68. The topological polar surface area (TPSA) is 29.5 Å². The number of halogens is 2. The molecule has 0 saturated carbocycles. The van der Waals surface area contributed by atoms with E-state index in [-0.39, 0.29) is 18.3 Å². The molecule has 0 radical (unpaired) electrons. The van der Waals surface area contributed by atoms with Gasteiger partial charge in [0, 0.05) is 16.7 Å². The number of anilines is 1. The largest absolute Gasteiger partial charge is 0.481 e. The first-order chi connectivity index (χ1) is 10.1. The average molecular weight is 350 g/mol. The van der Waals surface area contributed by atoms with Crippen molar-refractivity contribution in [3.63, 3.8) is 0 Å². The maximum absolute atomic E-state index is 13.6. The predicted octanol–water partition coefficient (Wildman–Crippen LogP) is 3.56. The lowest BCUT2D eigenvalue weighted by Gasteiger charge is -2.17. The first-order valence-corrected chi connectivity index (χ1v) is 7.40. The van der Waals surface area contributed by atoms with Gasteiger partial charge in [0.1, 0.15) is 0 Å². The van der Waals surface area contributed by atoms with Gasteiger partial charge in [0.15, 0.2) is 18.2 Å². The molecule has 0 unspecified atom stereocenters. The Morgan fingerprint density at radius 2 is 2.10 bits per heavy atom. The van der Waals surface area contributed by atoms with Gasteiger partial charge in [-0.25, -0.2) is 4.39 Å². The number of hydrogen-bond donors (Lipinski definition) is 0. The molecule has 0 aromatic heterocycles. The number of para-hydroxylation sites is 1. The van der Waals surface area contributed by atoms with E-state index in [4.69, 9.17) is 4.74 Å². The summed E-state index contributed by atoms with van der Waals surface area (Å²) in [7, 11) is 0. The molecule has 0 spiro atoms. The average Bonchev–Trinajstić information content (AvgIpc) is 2.90. The number of rotatable bonds is 3. The third-order valence-electron chi connectivity index (χ3n) is 3.43. The zero-order valence-corrected chi connectivity index (χ0v) is 12.8. The van der Waals surface area contributed by atoms with Gasteiger partial charge >= 0.3 is 0 Å². The van der Waals surface area contributed by atoms with Crippen LogP contribution in [0.15, 0.2) is 46.9 Å². The van der Waals surface area contributed by atoms with Crippen molar-refractivity contribution in [2.75, 3.05) is 18.1 Å². The summed E-state index contributed by atoms with van der Waals surface area (Å²) in [6.45, 7) is 0.469. The highest BCUT2D eigenvalue weighted by Gasteiger charge is 2.24. The highest BCUT2D eigenvalue weighted by Crippen LogP contribution is 2.28. The molecule has 1 aliphatic rings. The summed E-state index contributed by atoms with van der Waals surface area (Å²) >= 11 is 3.18. The van der Waals surface area contributed by atoms with E-state index in [9.17, 15) is 9.18 Å². The second kappa shape index (κ2) is 5.85. The van der Waals surface area contributed by atoms with E-state index in [1.807, 2.05) is 24.3 Å². The molecular weight excluding hydrogens is 337 g/mol. The third kappa shape index (κ3) is 2.93. The van der Waals surface area contributed by atoms with Crippen LogP contribution in [0.25, 0.3) is 0 Å². The Hall–Kier alpha value is -1.88. The van der Waals surface area contributed by atoms with E-state index >= 15 is 0 Å². The Morgan fingerprint density at radius 1 is 1.29 bits per heavy atom. The highest BCUT2D eigenvalue weighted by molar-refractivity contribution is 9.10. The van der Waals surface area contributed by atoms with E-state index < -0.39 is 5.82 Å². The van der Waals surface area contributed by atoms with Crippen molar-refractivity contribution in [1.82, 2.24) is 0 Å². The van der Waals surface area contributed by atoms with Gasteiger partial charge in [0.2, 0.25) is 0 Å². The molecule has 0 atom stereocenters. The smallest absolute Gasteiger partial charge is 0.264 e. The summed E-state index contributed by atoms with van der Waals surface area (Å²) < 4.78 is 19.6. The van der Waals surface area contributed by atoms with E-state index in [0.717, 1.165) is 17.7 Å². The lowest BCUT2D eigenvalue weighted by Crippen LogP contribution is -2.33. The van der Waals surface area contributed by atoms with Crippen molar-refractivity contribution < 1.29 is 13.9 Å². The number of fused-ring (bicyclic) bond motifs is 1. The molecule has 2 aromatic carbocycles. The zero-order valence-electron chi connectivity index (χ0n) is 11.2. The van der Waals surface area contributed by atoms with Gasteiger partial charge in [0.05, 0.1) is 0 Å². The molecule has 1 heterocycles. The number of benzene rings is 2. The van der Waals surface area contributed by atoms with Crippen molar-refractivity contribution >= 4 is 27.5 Å². The molecule has 3 rings (SSSR count). The van der Waals surface area contributed by atoms with Crippen LogP contribution < -0.4 is 9.64 Å². The standard InChI is InChI=1S/C16H13BrFNO2/c17-12-5-6-15(13(18)9-12)21-10-16(20)19-8-7-11-3-1-2-4-14(11)19/h1-6,9H,7-8,10H2. The number of hydrogen-bond acceptors (Lipinski definition) is 2. The molecule has 2 aromatic rings. The minimum absolute atomic E-state index is 0.0824. The van der Waals surface area contributed by atoms with Crippen LogP contribution in [0, 0.1) is 5.82 Å². The number of carbonyl (C=O) groups is 1. The molecule has 1 amide bonds. The maximum atomic E-state index is 13.6. The molecule has 108 valence electrons. The number of ether oxygens (including phenoxy) is 1. The van der Waals surface area contributed by atoms with Gasteiger partial charge in [0.25, 0.3) is 5.91 Å². The Kier molecular flexibility index (Phi) is 3.92. The van der Waals surface area contributed by atoms with Gasteiger partial charge in [-0.2, -0.15) is 0 Å². The summed E-state index contributed by atoms with van der Waals surface area (Å²) in [5.41, 5.74) is 2.07. The fourth-order valence-electron chi connectivity index (χ4n) is 2.41. The molecule has 0 N–H and O–H groups in total. The summed E-state index contributed by atoms with van der Waals surface area (Å²) in [5, 5.41) is 0. The molecule has 5 heteroatoms. The summed E-state index contributed by atoms with van der Waals surface area (Å²) in [5.74, 6) is -0.569. The zero-order chi connectivity index (χ0) is 14.8. The molecular formula is C16H13BrFNO2. The SMILES string of the molecule is O=C(COc1ccc(Br)cc1F)N1CCc2ccccc21. The molecule has 0 aliphatic carbocycles. The highest BCUT2D eigenvalue weighted by atomic mass is 79.9. The second-order valence-electron chi connectivity index (χ2n) is 4.79. The Morgan fingerprint density at radius 3 is 2.90 bits per heavy atom. The summed E-state index contributed by atoms with van der Waals surface area (Å²) in [6, 6.07) is 12.3. The monoisotopic (exact) mass is 349 g/mol. The van der Waals surface area contributed by atoms with Crippen LogP contribution in [0.3, 0.4) is 0 Å². The van der Waals surface area contributed by atoms with E-state index in [0.29, 0.717) is 11.0 Å². The van der Waals surface area contributed by atoms with Gasteiger partial charge in [-0.15, -0.1) is 0 Å². The lowest BCUT2D eigenvalue weighted by molar-refractivity contribution is -0.120. The van der Waals surface area contributed by atoms with Gasteiger partial charge < -0.3 is 9.64 Å². The van der Waals surface area contributed by atoms with Gasteiger partial charge in [-0.3, -0.25) is 4.79 Å². The van der Waals surface area contributed by atoms with Gasteiger partial charge in [-0.05, 0) is 36.2 Å². The number of amides is 1. The maximum Gasteiger partial charge on any atom is 0.264 e. The lowest BCUT2D eigenvalue weighted by atomic mass is 10.2. The van der Waals surface area contributed by atoms with Crippen LogP contribution in [0.5, 0.6) is 5.75 Å². The molecule has 1 aliphatic heterocycles. The van der Waals surface area contributed by atoms with Crippen molar-refractivity contribution in [3.05, 3.63) is 58.3 Å². The van der Waals surface area contributed by atoms with Crippen LogP contribution in [-0.4, -0.2) is 19.1 Å². The van der Waals surface area contributed by atoms with E-state index in [2.05, 4.69) is 15.9 Å². The van der Waals surface area contributed by atoms with Crippen molar-refractivity contribution in [2.24, 2.45) is 0 Å². The van der Waals surface area contributed by atoms with Crippen molar-refractivity contribution in [3.8, 4) is 5.75 Å². The quantitative estimate of drug-likeness (QED) is 0.847. The number of carbonyl (C=O) groups excluding carboxylic acids is 1. The van der Waals surface area contributed by atoms with Crippen LogP contribution in [0.2, 0.25) is 0 Å². The van der Waals surface area contributed by atoms with E-state index in [1.54, 1.807) is 11.0 Å². The Labute approximate surface area is 130 Å². The predicted molar refractivity (Wildman–Crippen MR) is 82.1 cm³/mol. The molecule has 0 fully saturated rings. The fraction of sp³-hybridized carbons (Fsp3) is 0.188. The van der Waals surface area contributed by atoms with Crippen molar-refractivity contribution in [1.29, 1.82) is 0 Å². The molecule has 0 bridgehead atoms. The normalized spacial score (nSPS) is 13.1. The molecule has 0 saturated heterocycles. The number of nitrogens with zero attached hydrogens (tertiary/aromatic N) is 1. The minimum atomic E-state index is -0.487. The Bertz CT molecular complexity index is 690. The third-order valence-corrected chi connectivity index (χ3v) is 3.93. The van der Waals surface area contributed by atoms with Crippen molar-refractivity contribution in [2.45, 2.75) is 6.42 Å².